The van der Waals surface area contributed by atoms with Crippen LogP contribution in [0.2, 0.25) is 0 Å². The van der Waals surface area contributed by atoms with Crippen molar-refractivity contribution >= 4 is 22.7 Å². The zero-order chi connectivity index (χ0) is 15.6. The van der Waals surface area contributed by atoms with Crippen LogP contribution >= 0.6 is 11.3 Å². The van der Waals surface area contributed by atoms with Crippen LogP contribution in [0.1, 0.15) is 16.8 Å². The van der Waals surface area contributed by atoms with Crippen molar-refractivity contribution in [2.75, 3.05) is 0 Å². The number of allylic oxidation sites excluding steroid dienone is 1. The molecule has 1 aliphatic rings. The third-order valence-corrected chi connectivity index (χ3v) is 4.57. The molecule has 0 bridgehead atoms. The van der Waals surface area contributed by atoms with Crippen LogP contribution in [-0.2, 0) is 6.54 Å². The maximum Gasteiger partial charge on any atom is 0.238 e. The summed E-state index contributed by atoms with van der Waals surface area (Å²) in [6, 6.07) is 14.8. The van der Waals surface area contributed by atoms with Gasteiger partial charge in [-0.2, -0.15) is 15.9 Å². The zero-order valence-electron chi connectivity index (χ0n) is 12.3. The van der Waals surface area contributed by atoms with Crippen LogP contribution in [0.5, 0.6) is 0 Å². The van der Waals surface area contributed by atoms with Crippen molar-refractivity contribution in [2.45, 2.75) is 6.54 Å². The van der Waals surface area contributed by atoms with E-state index in [1.165, 1.54) is 6.07 Å². The second-order valence-corrected chi connectivity index (χ2v) is 6.10. The third-order valence-electron chi connectivity index (χ3n) is 3.89. The van der Waals surface area contributed by atoms with Crippen LogP contribution in [0.4, 0.5) is 4.39 Å². The van der Waals surface area contributed by atoms with Crippen molar-refractivity contribution < 1.29 is 8.97 Å². The van der Waals surface area contributed by atoms with Gasteiger partial charge in [-0.25, -0.2) is 9.37 Å². The molecule has 3 aromatic rings. The quantitative estimate of drug-likeness (QED) is 0.653. The van der Waals surface area contributed by atoms with Gasteiger partial charge in [0.2, 0.25) is 11.4 Å². The summed E-state index contributed by atoms with van der Waals surface area (Å²) in [7, 11) is 0. The highest BCUT2D eigenvalue weighted by molar-refractivity contribution is 7.08. The molecule has 1 aromatic carbocycles. The number of thiophene rings is 1. The van der Waals surface area contributed by atoms with E-state index in [1.807, 2.05) is 30.3 Å². The Balaban J connectivity index is 1.74. The lowest BCUT2D eigenvalue weighted by atomic mass is 10.0. The van der Waals surface area contributed by atoms with Crippen LogP contribution < -0.4 is 0 Å². The monoisotopic (exact) mass is 321 g/mol. The molecular weight excluding hydrogens is 307 g/mol. The molecule has 2 nitrogen and oxygen atoms in total. The van der Waals surface area contributed by atoms with Gasteiger partial charge in [0, 0.05) is 11.6 Å². The zero-order valence-corrected chi connectivity index (χ0v) is 13.1. The number of hydrogen-bond acceptors (Lipinski definition) is 2. The van der Waals surface area contributed by atoms with Gasteiger partial charge >= 0.3 is 0 Å². The molecule has 3 heterocycles. The fraction of sp³-hybridized carbons (Fsp3) is 0.0526. The first-order valence-corrected chi connectivity index (χ1v) is 8.31. The molecule has 0 saturated heterocycles. The van der Waals surface area contributed by atoms with Gasteiger partial charge in [0.1, 0.15) is 11.5 Å². The van der Waals surface area contributed by atoms with Crippen LogP contribution in [0.3, 0.4) is 0 Å². The first-order chi connectivity index (χ1) is 11.3. The van der Waals surface area contributed by atoms with Gasteiger partial charge in [0.25, 0.3) is 0 Å². The van der Waals surface area contributed by atoms with Gasteiger partial charge < -0.3 is 0 Å². The van der Waals surface area contributed by atoms with E-state index in [9.17, 15) is 4.39 Å². The van der Waals surface area contributed by atoms with Crippen molar-refractivity contribution in [1.29, 1.82) is 0 Å². The Morgan fingerprint density at radius 3 is 2.65 bits per heavy atom. The average Bonchev–Trinajstić information content (AvgIpc) is 3.08. The lowest BCUT2D eigenvalue weighted by Crippen LogP contribution is -2.28. The fourth-order valence-electron chi connectivity index (χ4n) is 2.69. The average molecular weight is 321 g/mol. The minimum Gasteiger partial charge on any atom is -0.250 e. The summed E-state index contributed by atoms with van der Waals surface area (Å²) in [4.78, 5) is 4.42. The molecule has 112 valence electrons. The van der Waals surface area contributed by atoms with E-state index in [0.29, 0.717) is 12.1 Å². The smallest absolute Gasteiger partial charge is 0.238 e. The Morgan fingerprint density at radius 2 is 1.91 bits per heavy atom. The summed E-state index contributed by atoms with van der Waals surface area (Å²) in [5.41, 5.74) is 4.88. The number of pyridine rings is 1. The lowest BCUT2D eigenvalue weighted by molar-refractivity contribution is -0.458. The molecule has 4 heteroatoms. The van der Waals surface area contributed by atoms with E-state index in [0.717, 1.165) is 22.7 Å². The molecule has 0 fully saturated rings. The highest BCUT2D eigenvalue weighted by atomic mass is 32.1. The predicted octanol–water partition coefficient (Wildman–Crippen LogP) is 4.34. The van der Waals surface area contributed by atoms with Crippen LogP contribution in [0.25, 0.3) is 5.70 Å². The van der Waals surface area contributed by atoms with Crippen LogP contribution in [-0.4, -0.2) is 15.3 Å². The van der Waals surface area contributed by atoms with Crippen molar-refractivity contribution in [2.24, 2.45) is 0 Å². The SMILES string of the molecule is Fc1ccccc1C[N+]1=C(c2ccsc2)C=C1c1ccccn1. The van der Waals surface area contributed by atoms with Gasteiger partial charge in [-0.15, -0.1) is 0 Å². The van der Waals surface area contributed by atoms with Crippen molar-refractivity contribution in [1.82, 2.24) is 4.98 Å². The number of rotatable bonds is 4. The Bertz CT molecular complexity index is 896. The molecular formula is C19H14FN2S+. The Morgan fingerprint density at radius 1 is 1.04 bits per heavy atom. The first-order valence-electron chi connectivity index (χ1n) is 7.36. The van der Waals surface area contributed by atoms with Gasteiger partial charge in [-0.3, -0.25) is 0 Å². The summed E-state index contributed by atoms with van der Waals surface area (Å²) in [5, 5.41) is 4.16. The number of halogens is 1. The molecule has 0 amide bonds. The molecule has 0 radical (unpaired) electrons. The van der Waals surface area contributed by atoms with Crippen LogP contribution in [0.15, 0.2) is 71.6 Å². The molecule has 0 N–H and O–H groups in total. The van der Waals surface area contributed by atoms with Gasteiger partial charge in [0.15, 0.2) is 6.54 Å². The molecule has 4 rings (SSSR count). The third kappa shape index (κ3) is 2.62. The standard InChI is InChI=1S/C19H14FN2S/c20-16-6-2-1-5-14(16)12-22-18(15-8-10-23-13-15)11-19(22)17-7-3-4-9-21-17/h1-11,13H,12H2/q+1. The second-order valence-electron chi connectivity index (χ2n) is 5.32. The summed E-state index contributed by atoms with van der Waals surface area (Å²) in [6.07, 6.45) is 3.89. The van der Waals surface area contributed by atoms with Crippen molar-refractivity contribution in [3.05, 3.63) is 94.2 Å². The molecule has 0 atom stereocenters. The predicted molar refractivity (Wildman–Crippen MR) is 91.0 cm³/mol. The minimum absolute atomic E-state index is 0.176. The highest BCUT2D eigenvalue weighted by Crippen LogP contribution is 2.27. The topological polar surface area (TPSA) is 15.9 Å². The normalized spacial score (nSPS) is 13.7. The Kier molecular flexibility index (Phi) is 3.60. The lowest BCUT2D eigenvalue weighted by Gasteiger charge is -2.17. The van der Waals surface area contributed by atoms with E-state index < -0.39 is 0 Å². The molecule has 23 heavy (non-hydrogen) atoms. The first kappa shape index (κ1) is 14.0. The summed E-state index contributed by atoms with van der Waals surface area (Å²) < 4.78 is 16.2. The minimum atomic E-state index is -0.176. The maximum atomic E-state index is 14.0. The molecule has 0 saturated carbocycles. The van der Waals surface area contributed by atoms with Gasteiger partial charge in [-0.05, 0) is 35.7 Å². The molecule has 0 spiro atoms. The Labute approximate surface area is 137 Å². The highest BCUT2D eigenvalue weighted by Gasteiger charge is 2.33. The number of benzene rings is 1. The number of nitrogens with zero attached hydrogens (tertiary/aromatic N) is 2. The van der Waals surface area contributed by atoms with Gasteiger partial charge in [-0.1, -0.05) is 18.2 Å². The van der Waals surface area contributed by atoms with Gasteiger partial charge in [0.05, 0.1) is 17.2 Å². The summed E-state index contributed by atoms with van der Waals surface area (Å²) in [5.74, 6) is -0.176. The second kappa shape index (κ2) is 5.89. The largest absolute Gasteiger partial charge is 0.250 e. The molecule has 1 aliphatic heterocycles. The van der Waals surface area contributed by atoms with E-state index >= 15 is 0 Å². The molecule has 2 aromatic heterocycles. The van der Waals surface area contributed by atoms with E-state index in [4.69, 9.17) is 0 Å². The maximum absolute atomic E-state index is 14.0. The van der Waals surface area contributed by atoms with Crippen molar-refractivity contribution in [3.8, 4) is 0 Å². The molecule has 0 unspecified atom stereocenters. The fourth-order valence-corrected chi connectivity index (χ4v) is 3.34. The molecule has 0 aliphatic carbocycles. The van der Waals surface area contributed by atoms with E-state index in [1.54, 1.807) is 23.6 Å². The number of hydrogen-bond donors (Lipinski definition) is 0. The number of aromatic nitrogens is 1. The van der Waals surface area contributed by atoms with E-state index in [2.05, 4.69) is 32.5 Å². The van der Waals surface area contributed by atoms with E-state index in [-0.39, 0.29) is 5.82 Å². The van der Waals surface area contributed by atoms with Crippen molar-refractivity contribution in [3.63, 3.8) is 0 Å². The summed E-state index contributed by atoms with van der Waals surface area (Å²) >= 11 is 1.66. The van der Waals surface area contributed by atoms with Crippen LogP contribution in [0, 0.1) is 5.82 Å². The Hall–Kier alpha value is -2.59. The summed E-state index contributed by atoms with van der Waals surface area (Å²) in [6.45, 7) is 0.500.